The number of hydrogen-bond acceptors (Lipinski definition) is 8. The van der Waals surface area contributed by atoms with Crippen LogP contribution in [-0.2, 0) is 5.75 Å². The van der Waals surface area contributed by atoms with E-state index in [1.807, 2.05) is 54.6 Å². The van der Waals surface area contributed by atoms with E-state index in [0.29, 0.717) is 22.6 Å². The first-order valence-corrected chi connectivity index (χ1v) is 8.75. The van der Waals surface area contributed by atoms with Crippen molar-refractivity contribution < 1.29 is 9.26 Å². The monoisotopic (exact) mass is 366 g/mol. The lowest BCUT2D eigenvalue weighted by Crippen LogP contribution is -1.98. The molecule has 0 spiro atoms. The van der Waals surface area contributed by atoms with Gasteiger partial charge in [-0.15, -0.1) is 5.10 Å². The van der Waals surface area contributed by atoms with E-state index in [9.17, 15) is 0 Å². The minimum atomic E-state index is 0.469. The first-order valence-electron chi connectivity index (χ1n) is 7.77. The minimum absolute atomic E-state index is 0.469. The van der Waals surface area contributed by atoms with Gasteiger partial charge in [-0.2, -0.15) is 9.67 Å². The number of benzene rings is 2. The number of tetrazole rings is 1. The lowest BCUT2D eigenvalue weighted by atomic mass is 10.2. The maximum atomic E-state index is 5.33. The van der Waals surface area contributed by atoms with Crippen LogP contribution in [0.5, 0.6) is 5.75 Å². The van der Waals surface area contributed by atoms with Gasteiger partial charge in [-0.25, -0.2) is 0 Å². The summed E-state index contributed by atoms with van der Waals surface area (Å²) < 4.78 is 12.1. The maximum absolute atomic E-state index is 5.33. The Morgan fingerprint density at radius 1 is 1.08 bits per heavy atom. The standard InChI is InChI=1S/C17H14N6O2S/c1-24-14-9-7-12(8-10-14)16-18-15(25-20-16)11-26-17-19-21-22-23(17)13-5-3-2-4-6-13/h2-10H,11H2,1H3. The number of hydrogen-bond donors (Lipinski definition) is 0. The van der Waals surface area contributed by atoms with Gasteiger partial charge in [-0.1, -0.05) is 35.1 Å². The molecule has 8 nitrogen and oxygen atoms in total. The van der Waals surface area contributed by atoms with Crippen molar-refractivity contribution in [2.45, 2.75) is 10.9 Å². The van der Waals surface area contributed by atoms with Crippen LogP contribution < -0.4 is 4.74 Å². The molecule has 0 bridgehead atoms. The van der Waals surface area contributed by atoms with Gasteiger partial charge < -0.3 is 9.26 Å². The molecular weight excluding hydrogens is 352 g/mol. The van der Waals surface area contributed by atoms with Crippen LogP contribution in [0.15, 0.2) is 64.3 Å². The largest absolute Gasteiger partial charge is 0.497 e. The highest BCUT2D eigenvalue weighted by Gasteiger charge is 2.13. The fourth-order valence-corrected chi connectivity index (χ4v) is 3.03. The van der Waals surface area contributed by atoms with Crippen molar-refractivity contribution in [1.29, 1.82) is 0 Å². The summed E-state index contributed by atoms with van der Waals surface area (Å²) in [7, 11) is 1.63. The maximum Gasteiger partial charge on any atom is 0.237 e. The van der Waals surface area contributed by atoms with Crippen molar-refractivity contribution in [2.75, 3.05) is 7.11 Å². The van der Waals surface area contributed by atoms with Gasteiger partial charge >= 0.3 is 0 Å². The van der Waals surface area contributed by atoms with Crippen molar-refractivity contribution in [2.24, 2.45) is 0 Å². The van der Waals surface area contributed by atoms with Gasteiger partial charge in [0.1, 0.15) is 5.75 Å². The van der Waals surface area contributed by atoms with Crippen LogP contribution in [0, 0.1) is 0 Å². The molecule has 26 heavy (non-hydrogen) atoms. The molecule has 0 atom stereocenters. The van der Waals surface area contributed by atoms with Gasteiger partial charge in [-0.05, 0) is 46.8 Å². The highest BCUT2D eigenvalue weighted by molar-refractivity contribution is 7.98. The third-order valence-electron chi connectivity index (χ3n) is 3.58. The molecule has 2 heterocycles. The van der Waals surface area contributed by atoms with Gasteiger partial charge in [-0.3, -0.25) is 0 Å². The molecule has 130 valence electrons. The average molecular weight is 366 g/mol. The van der Waals surface area contributed by atoms with E-state index in [0.717, 1.165) is 17.0 Å². The Labute approximate surface area is 153 Å². The quantitative estimate of drug-likeness (QED) is 0.481. The van der Waals surface area contributed by atoms with Gasteiger partial charge in [0.05, 0.1) is 18.6 Å². The van der Waals surface area contributed by atoms with Crippen molar-refractivity contribution in [1.82, 2.24) is 30.3 Å². The lowest BCUT2D eigenvalue weighted by Gasteiger charge is -2.02. The van der Waals surface area contributed by atoms with Gasteiger partial charge in [0.2, 0.25) is 16.9 Å². The molecule has 0 radical (unpaired) electrons. The first-order chi connectivity index (χ1) is 12.8. The fourth-order valence-electron chi connectivity index (χ4n) is 2.30. The molecule has 0 saturated heterocycles. The Balaban J connectivity index is 1.46. The average Bonchev–Trinajstić information content (AvgIpc) is 3.36. The molecule has 4 aromatic rings. The third-order valence-corrected chi connectivity index (χ3v) is 4.49. The minimum Gasteiger partial charge on any atom is -0.497 e. The van der Waals surface area contributed by atoms with E-state index in [1.165, 1.54) is 11.8 Å². The van der Waals surface area contributed by atoms with E-state index in [4.69, 9.17) is 9.26 Å². The molecular formula is C17H14N6O2S. The second-order valence-electron chi connectivity index (χ2n) is 5.24. The zero-order chi connectivity index (χ0) is 17.8. The number of para-hydroxylation sites is 1. The van der Waals surface area contributed by atoms with Gasteiger partial charge in [0.25, 0.3) is 0 Å². The Hall–Kier alpha value is -3.20. The normalized spacial score (nSPS) is 10.8. The first kappa shape index (κ1) is 16.3. The summed E-state index contributed by atoms with van der Waals surface area (Å²) in [5.41, 5.74) is 1.75. The lowest BCUT2D eigenvalue weighted by molar-refractivity contribution is 0.391. The molecule has 0 aliphatic heterocycles. The number of nitrogens with zero attached hydrogens (tertiary/aromatic N) is 6. The predicted molar refractivity (Wildman–Crippen MR) is 95.0 cm³/mol. The smallest absolute Gasteiger partial charge is 0.237 e. The van der Waals surface area contributed by atoms with Crippen molar-refractivity contribution in [3.05, 3.63) is 60.5 Å². The molecule has 0 amide bonds. The molecule has 2 aromatic heterocycles. The molecule has 9 heteroatoms. The van der Waals surface area contributed by atoms with Crippen LogP contribution in [0.3, 0.4) is 0 Å². The van der Waals surface area contributed by atoms with Gasteiger partial charge in [0, 0.05) is 5.56 Å². The second-order valence-corrected chi connectivity index (χ2v) is 6.18. The van der Waals surface area contributed by atoms with E-state index in [-0.39, 0.29) is 0 Å². The molecule has 0 aliphatic carbocycles. The van der Waals surface area contributed by atoms with Crippen LogP contribution in [0.2, 0.25) is 0 Å². The van der Waals surface area contributed by atoms with Crippen LogP contribution in [0.4, 0.5) is 0 Å². The number of rotatable bonds is 6. The Morgan fingerprint density at radius 2 is 1.88 bits per heavy atom. The number of aromatic nitrogens is 6. The summed E-state index contributed by atoms with van der Waals surface area (Å²) >= 11 is 1.43. The molecule has 0 aliphatic rings. The van der Waals surface area contributed by atoms with E-state index >= 15 is 0 Å². The Kier molecular flexibility index (Phi) is 4.61. The molecule has 0 fully saturated rings. The molecule has 2 aromatic carbocycles. The summed E-state index contributed by atoms with van der Waals surface area (Å²) in [5.74, 6) is 2.28. The SMILES string of the molecule is COc1ccc(-c2noc(CSc3nnnn3-c3ccccc3)n2)cc1. The zero-order valence-corrected chi connectivity index (χ0v) is 14.6. The van der Waals surface area contributed by atoms with Crippen LogP contribution >= 0.6 is 11.8 Å². The highest BCUT2D eigenvalue weighted by Crippen LogP contribution is 2.24. The topological polar surface area (TPSA) is 91.8 Å². The van der Waals surface area contributed by atoms with Crippen LogP contribution in [-0.4, -0.2) is 37.5 Å². The van der Waals surface area contributed by atoms with Crippen molar-refractivity contribution in [3.63, 3.8) is 0 Å². The zero-order valence-electron chi connectivity index (χ0n) is 13.8. The predicted octanol–water partition coefficient (Wildman–Crippen LogP) is 3.01. The number of ether oxygens (including phenoxy) is 1. The van der Waals surface area contributed by atoms with Crippen molar-refractivity contribution >= 4 is 11.8 Å². The Morgan fingerprint density at radius 3 is 2.65 bits per heavy atom. The number of methoxy groups -OCH3 is 1. The van der Waals surface area contributed by atoms with Gasteiger partial charge in [0.15, 0.2) is 0 Å². The third kappa shape index (κ3) is 3.42. The highest BCUT2D eigenvalue weighted by atomic mass is 32.2. The fraction of sp³-hybridized carbons (Fsp3) is 0.118. The molecule has 4 rings (SSSR count). The second kappa shape index (κ2) is 7.36. The van der Waals surface area contributed by atoms with E-state index in [1.54, 1.807) is 11.8 Å². The van der Waals surface area contributed by atoms with E-state index in [2.05, 4.69) is 25.7 Å². The van der Waals surface area contributed by atoms with Crippen LogP contribution in [0.1, 0.15) is 5.89 Å². The summed E-state index contributed by atoms with van der Waals surface area (Å²) in [4.78, 5) is 4.42. The molecule has 0 saturated carbocycles. The number of thioether (sulfide) groups is 1. The summed E-state index contributed by atoms with van der Waals surface area (Å²) in [6.45, 7) is 0. The van der Waals surface area contributed by atoms with Crippen molar-refractivity contribution in [3.8, 4) is 22.8 Å². The molecule has 0 N–H and O–H groups in total. The molecule has 0 unspecified atom stereocenters. The summed E-state index contributed by atoms with van der Waals surface area (Å²) in [6.07, 6.45) is 0. The Bertz CT molecular complexity index is 984. The summed E-state index contributed by atoms with van der Waals surface area (Å²) in [6, 6.07) is 17.2. The van der Waals surface area contributed by atoms with E-state index < -0.39 is 0 Å². The van der Waals surface area contributed by atoms with Crippen LogP contribution in [0.25, 0.3) is 17.1 Å². The summed E-state index contributed by atoms with van der Waals surface area (Å²) in [5, 5.41) is 16.5.